The van der Waals surface area contributed by atoms with Gasteiger partial charge in [0.1, 0.15) is 5.75 Å². The zero-order valence-electron chi connectivity index (χ0n) is 16.4. The minimum atomic E-state index is -0.0634. The molecule has 0 aliphatic carbocycles. The van der Waals surface area contributed by atoms with Crippen molar-refractivity contribution < 1.29 is 9.47 Å². The summed E-state index contributed by atoms with van der Waals surface area (Å²) in [5.41, 5.74) is 2.48. The van der Waals surface area contributed by atoms with E-state index in [1.54, 1.807) is 0 Å². The number of hydrogen-bond acceptors (Lipinski definition) is 3. The van der Waals surface area contributed by atoms with Crippen LogP contribution < -0.4 is 10.1 Å². The maximum atomic E-state index is 5.88. The van der Waals surface area contributed by atoms with E-state index in [0.717, 1.165) is 25.2 Å². The van der Waals surface area contributed by atoms with Crippen LogP contribution in [-0.2, 0) is 4.74 Å². The van der Waals surface area contributed by atoms with Gasteiger partial charge in [-0.2, -0.15) is 0 Å². The average molecular weight is 354 g/mol. The topological polar surface area (TPSA) is 30.5 Å². The van der Waals surface area contributed by atoms with Gasteiger partial charge in [-0.3, -0.25) is 0 Å². The van der Waals surface area contributed by atoms with Crippen molar-refractivity contribution in [3.05, 3.63) is 65.7 Å². The van der Waals surface area contributed by atoms with Crippen LogP contribution in [0.5, 0.6) is 5.75 Å². The Bertz CT molecular complexity index is 679. The SMILES string of the molecule is CC(C)Oc1ccc([C@H](N[C@@H]2CCOC(C)(C)C2)c2ccccc2)cc1. The minimum absolute atomic E-state index is 0.0634. The third kappa shape index (κ3) is 5.09. The van der Waals surface area contributed by atoms with Crippen LogP contribution in [0.15, 0.2) is 54.6 Å². The molecule has 3 nitrogen and oxygen atoms in total. The number of nitrogens with one attached hydrogen (secondary N) is 1. The van der Waals surface area contributed by atoms with Gasteiger partial charge in [0.05, 0.1) is 17.7 Å². The fourth-order valence-electron chi connectivity index (χ4n) is 3.65. The first-order valence-electron chi connectivity index (χ1n) is 9.64. The molecule has 0 radical (unpaired) electrons. The second-order valence-electron chi connectivity index (χ2n) is 8.04. The van der Waals surface area contributed by atoms with Crippen LogP contribution in [0.2, 0.25) is 0 Å². The molecule has 3 heteroatoms. The van der Waals surface area contributed by atoms with E-state index < -0.39 is 0 Å². The molecule has 26 heavy (non-hydrogen) atoms. The van der Waals surface area contributed by atoms with E-state index in [1.165, 1.54) is 11.1 Å². The first kappa shape index (κ1) is 18.9. The Kier molecular flexibility index (Phi) is 6.00. The normalized spacial score (nSPS) is 20.7. The zero-order chi connectivity index (χ0) is 18.6. The van der Waals surface area contributed by atoms with E-state index in [1.807, 2.05) is 0 Å². The minimum Gasteiger partial charge on any atom is -0.491 e. The van der Waals surface area contributed by atoms with Gasteiger partial charge in [-0.25, -0.2) is 0 Å². The molecule has 1 aliphatic rings. The molecule has 1 saturated heterocycles. The summed E-state index contributed by atoms with van der Waals surface area (Å²) >= 11 is 0. The van der Waals surface area contributed by atoms with Crippen LogP contribution in [0.4, 0.5) is 0 Å². The monoisotopic (exact) mass is 353 g/mol. The predicted molar refractivity (Wildman–Crippen MR) is 107 cm³/mol. The highest BCUT2D eigenvalue weighted by Gasteiger charge is 2.30. The first-order valence-corrected chi connectivity index (χ1v) is 9.64. The molecule has 0 unspecified atom stereocenters. The van der Waals surface area contributed by atoms with Crippen molar-refractivity contribution in [1.29, 1.82) is 0 Å². The van der Waals surface area contributed by atoms with Crippen molar-refractivity contribution in [3.8, 4) is 5.75 Å². The van der Waals surface area contributed by atoms with E-state index in [4.69, 9.17) is 9.47 Å². The van der Waals surface area contributed by atoms with Crippen molar-refractivity contribution in [1.82, 2.24) is 5.32 Å². The van der Waals surface area contributed by atoms with Gasteiger partial charge in [0.25, 0.3) is 0 Å². The van der Waals surface area contributed by atoms with Gasteiger partial charge >= 0.3 is 0 Å². The van der Waals surface area contributed by atoms with E-state index in [-0.39, 0.29) is 17.7 Å². The van der Waals surface area contributed by atoms with Crippen LogP contribution in [0.1, 0.15) is 57.7 Å². The van der Waals surface area contributed by atoms with Crippen molar-refractivity contribution in [3.63, 3.8) is 0 Å². The lowest BCUT2D eigenvalue weighted by atomic mass is 9.91. The second-order valence-corrected chi connectivity index (χ2v) is 8.04. The standard InChI is InChI=1S/C23H31NO2/c1-17(2)26-21-12-10-19(11-13-21)22(18-8-6-5-7-9-18)24-20-14-15-25-23(3,4)16-20/h5-13,17,20,22,24H,14-16H2,1-4H3/t20-,22-/m1/s1. The second kappa shape index (κ2) is 8.24. The summed E-state index contributed by atoms with van der Waals surface area (Å²) in [4.78, 5) is 0. The first-order chi connectivity index (χ1) is 12.4. The van der Waals surface area contributed by atoms with Crippen LogP contribution in [0, 0.1) is 0 Å². The van der Waals surface area contributed by atoms with E-state index >= 15 is 0 Å². The van der Waals surface area contributed by atoms with Gasteiger partial charge in [-0.05, 0) is 63.8 Å². The number of hydrogen-bond donors (Lipinski definition) is 1. The molecule has 140 valence electrons. The molecule has 2 aromatic rings. The Labute approximate surface area is 157 Å². The van der Waals surface area contributed by atoms with Crippen molar-refractivity contribution >= 4 is 0 Å². The van der Waals surface area contributed by atoms with E-state index in [9.17, 15) is 0 Å². The lowest BCUT2D eigenvalue weighted by Crippen LogP contribution is -2.45. The van der Waals surface area contributed by atoms with Crippen molar-refractivity contribution in [2.24, 2.45) is 0 Å². The molecule has 3 rings (SSSR count). The molecule has 1 N–H and O–H groups in total. The predicted octanol–water partition coefficient (Wildman–Crippen LogP) is 5.11. The highest BCUT2D eigenvalue weighted by Crippen LogP contribution is 2.29. The van der Waals surface area contributed by atoms with E-state index in [0.29, 0.717) is 6.04 Å². The summed E-state index contributed by atoms with van der Waals surface area (Å²) in [6, 6.07) is 19.8. The summed E-state index contributed by atoms with van der Waals surface area (Å²) in [6.07, 6.45) is 2.25. The van der Waals surface area contributed by atoms with Crippen LogP contribution >= 0.6 is 0 Å². The Morgan fingerprint density at radius 2 is 1.65 bits per heavy atom. The highest BCUT2D eigenvalue weighted by molar-refractivity contribution is 5.35. The Morgan fingerprint density at radius 3 is 2.27 bits per heavy atom. The fraction of sp³-hybridized carbons (Fsp3) is 0.478. The van der Waals surface area contributed by atoms with Crippen molar-refractivity contribution in [2.45, 2.75) is 64.3 Å². The molecule has 0 bridgehead atoms. The molecule has 2 atom stereocenters. The molecular weight excluding hydrogens is 322 g/mol. The molecule has 0 saturated carbocycles. The third-order valence-electron chi connectivity index (χ3n) is 4.82. The number of ether oxygens (including phenoxy) is 2. The van der Waals surface area contributed by atoms with Gasteiger partial charge in [0.2, 0.25) is 0 Å². The molecule has 1 aliphatic heterocycles. The lowest BCUT2D eigenvalue weighted by molar-refractivity contribution is -0.0637. The summed E-state index contributed by atoms with van der Waals surface area (Å²) in [7, 11) is 0. The van der Waals surface area contributed by atoms with Gasteiger partial charge < -0.3 is 14.8 Å². The fourth-order valence-corrected chi connectivity index (χ4v) is 3.65. The molecule has 1 fully saturated rings. The molecule has 0 amide bonds. The summed E-state index contributed by atoms with van der Waals surface area (Å²) in [5.74, 6) is 0.919. The molecular formula is C23H31NO2. The molecule has 1 heterocycles. The largest absolute Gasteiger partial charge is 0.491 e. The Balaban J connectivity index is 1.82. The van der Waals surface area contributed by atoms with Crippen LogP contribution in [0.25, 0.3) is 0 Å². The molecule has 2 aromatic carbocycles. The molecule has 0 spiro atoms. The summed E-state index contributed by atoms with van der Waals surface area (Å²) in [6.45, 7) is 9.27. The number of benzene rings is 2. The molecule has 0 aromatic heterocycles. The van der Waals surface area contributed by atoms with E-state index in [2.05, 4.69) is 87.6 Å². The zero-order valence-corrected chi connectivity index (χ0v) is 16.4. The quantitative estimate of drug-likeness (QED) is 0.783. The average Bonchev–Trinajstić information content (AvgIpc) is 2.60. The van der Waals surface area contributed by atoms with Gasteiger partial charge in [-0.1, -0.05) is 42.5 Å². The van der Waals surface area contributed by atoms with Gasteiger partial charge in [-0.15, -0.1) is 0 Å². The van der Waals surface area contributed by atoms with Gasteiger partial charge in [0.15, 0.2) is 0 Å². The van der Waals surface area contributed by atoms with Crippen molar-refractivity contribution in [2.75, 3.05) is 6.61 Å². The lowest BCUT2D eigenvalue weighted by Gasteiger charge is -2.38. The van der Waals surface area contributed by atoms with Crippen LogP contribution in [-0.4, -0.2) is 24.4 Å². The summed E-state index contributed by atoms with van der Waals surface area (Å²) < 4.78 is 11.7. The van der Waals surface area contributed by atoms with Crippen LogP contribution in [0.3, 0.4) is 0 Å². The van der Waals surface area contributed by atoms with Gasteiger partial charge in [0, 0.05) is 12.6 Å². The Morgan fingerprint density at radius 1 is 1.00 bits per heavy atom. The maximum Gasteiger partial charge on any atom is 0.119 e. The highest BCUT2D eigenvalue weighted by atomic mass is 16.5. The maximum absolute atomic E-state index is 5.88. The third-order valence-corrected chi connectivity index (χ3v) is 4.82. The summed E-state index contributed by atoms with van der Waals surface area (Å²) in [5, 5.41) is 3.88. The smallest absolute Gasteiger partial charge is 0.119 e. The number of rotatable bonds is 6. The Hall–Kier alpha value is -1.84.